The van der Waals surface area contributed by atoms with Gasteiger partial charge in [0.05, 0.1) is 44.7 Å². The van der Waals surface area contributed by atoms with E-state index in [4.69, 9.17) is 30.5 Å². The molecule has 0 bridgehead atoms. The van der Waals surface area contributed by atoms with Crippen LogP contribution in [0.25, 0.3) is 0 Å². The quantitative estimate of drug-likeness (QED) is 0.0729. The van der Waals surface area contributed by atoms with Crippen LogP contribution >= 0.6 is 0 Å². The van der Waals surface area contributed by atoms with Crippen LogP contribution in [-0.2, 0) is 28.5 Å². The van der Waals surface area contributed by atoms with Crippen molar-refractivity contribution in [3.63, 3.8) is 0 Å². The van der Waals surface area contributed by atoms with Crippen molar-refractivity contribution in [1.29, 1.82) is 0 Å². The Hall–Kier alpha value is -3.33. The number of carbonyl (C=O) groups is 3. The Morgan fingerprint density at radius 2 is 1.88 bits per heavy atom. The molecule has 1 saturated heterocycles. The van der Waals surface area contributed by atoms with E-state index >= 15 is 0 Å². The van der Waals surface area contributed by atoms with Crippen LogP contribution in [0.2, 0.25) is 0 Å². The molecular weight excluding hydrogens is 536 g/mol. The van der Waals surface area contributed by atoms with Crippen molar-refractivity contribution >= 4 is 17.8 Å². The molecule has 0 spiro atoms. The van der Waals surface area contributed by atoms with Gasteiger partial charge in [-0.1, -0.05) is 12.0 Å². The second-order valence-corrected chi connectivity index (χ2v) is 8.70. The maximum absolute atomic E-state index is 12.3. The Balaban J connectivity index is 2.12. The van der Waals surface area contributed by atoms with Gasteiger partial charge in [0.25, 0.3) is 11.7 Å². The highest BCUT2D eigenvalue weighted by atomic mass is 16.7. The lowest BCUT2D eigenvalue weighted by atomic mass is 9.88. The number of terminal acetylenes is 1. The highest BCUT2D eigenvalue weighted by Gasteiger charge is 2.55. The van der Waals surface area contributed by atoms with Crippen LogP contribution in [-0.4, -0.2) is 131 Å². The number of carboxylic acid groups (broad SMARTS) is 1. The fraction of sp³-hybridized carbons (Fsp3) is 0.560. The predicted molar refractivity (Wildman–Crippen MR) is 134 cm³/mol. The molecule has 1 aromatic rings. The Bertz CT molecular complexity index is 1030. The minimum Gasteiger partial charge on any atom is -0.508 e. The maximum Gasteiger partial charge on any atom is 0.364 e. The molecule has 0 radical (unpaired) electrons. The molecule has 0 aliphatic carbocycles. The number of benzene rings is 1. The molecule has 6 atom stereocenters. The number of phenols is 1. The van der Waals surface area contributed by atoms with Gasteiger partial charge in [0.15, 0.2) is 0 Å². The van der Waals surface area contributed by atoms with Gasteiger partial charge in [0.2, 0.25) is 5.91 Å². The van der Waals surface area contributed by atoms with Gasteiger partial charge in [0.1, 0.15) is 31.2 Å². The summed E-state index contributed by atoms with van der Waals surface area (Å²) in [6.45, 7) is -1.57. The summed E-state index contributed by atoms with van der Waals surface area (Å²) in [6, 6.07) is 3.86. The fourth-order valence-corrected chi connectivity index (χ4v) is 3.85. The SMILES string of the molecule is C#CCOCCOCCO[C@]1(C(=O)O)C[C@H](O)[C@@H](NC(=O)CO)[C@H]([C@H](O)[C@H](O)CNC(=O)c2cccc(O)c2)O1. The first-order valence-electron chi connectivity index (χ1n) is 12.2. The number of aliphatic hydroxyl groups is 4. The van der Waals surface area contributed by atoms with Crippen LogP contribution in [0.15, 0.2) is 24.3 Å². The lowest BCUT2D eigenvalue weighted by Gasteiger charge is -2.46. The fourth-order valence-electron chi connectivity index (χ4n) is 3.85. The summed E-state index contributed by atoms with van der Waals surface area (Å²) in [7, 11) is 0. The van der Waals surface area contributed by atoms with Gasteiger partial charge in [-0.25, -0.2) is 4.79 Å². The Morgan fingerprint density at radius 3 is 2.52 bits per heavy atom. The molecule has 1 aliphatic heterocycles. The van der Waals surface area contributed by atoms with Gasteiger partial charge in [-0.3, -0.25) is 9.59 Å². The van der Waals surface area contributed by atoms with Gasteiger partial charge in [-0.15, -0.1) is 6.42 Å². The van der Waals surface area contributed by atoms with E-state index < -0.39 is 73.6 Å². The van der Waals surface area contributed by atoms with E-state index in [9.17, 15) is 39.9 Å². The van der Waals surface area contributed by atoms with Crippen LogP contribution in [0.3, 0.4) is 0 Å². The number of rotatable bonds is 16. The predicted octanol–water partition coefficient (Wildman–Crippen LogP) is -3.07. The second kappa shape index (κ2) is 16.1. The number of carbonyl (C=O) groups excluding carboxylic acids is 2. The third kappa shape index (κ3) is 9.40. The number of aliphatic hydroxyl groups excluding tert-OH is 4. The van der Waals surface area contributed by atoms with E-state index in [1.54, 1.807) is 0 Å². The molecular formula is C25H34N2O13. The van der Waals surface area contributed by atoms with Crippen molar-refractivity contribution in [1.82, 2.24) is 10.6 Å². The minimum atomic E-state index is -2.51. The first kappa shape index (κ1) is 32.9. The highest BCUT2D eigenvalue weighted by Crippen LogP contribution is 2.33. The monoisotopic (exact) mass is 570 g/mol. The van der Waals surface area contributed by atoms with Crippen molar-refractivity contribution < 1.29 is 64.0 Å². The number of nitrogens with one attached hydrogen (secondary N) is 2. The van der Waals surface area contributed by atoms with Gasteiger partial charge in [0, 0.05) is 18.5 Å². The Labute approximate surface area is 229 Å². The molecule has 1 aromatic carbocycles. The maximum atomic E-state index is 12.3. The zero-order valence-electron chi connectivity index (χ0n) is 21.5. The van der Waals surface area contributed by atoms with Crippen LogP contribution in [0.4, 0.5) is 0 Å². The molecule has 2 rings (SSSR count). The number of amides is 2. The van der Waals surface area contributed by atoms with Crippen molar-refractivity contribution in [3.05, 3.63) is 29.8 Å². The van der Waals surface area contributed by atoms with E-state index in [1.807, 2.05) is 0 Å². The van der Waals surface area contributed by atoms with E-state index in [-0.39, 0.29) is 44.3 Å². The van der Waals surface area contributed by atoms with Gasteiger partial charge in [-0.2, -0.15) is 0 Å². The smallest absolute Gasteiger partial charge is 0.364 e. The van der Waals surface area contributed by atoms with Crippen LogP contribution in [0.5, 0.6) is 5.75 Å². The van der Waals surface area contributed by atoms with Crippen molar-refractivity contribution in [2.75, 3.05) is 46.2 Å². The lowest BCUT2D eigenvalue weighted by Crippen LogP contribution is -2.68. The molecule has 1 fully saturated rings. The molecule has 40 heavy (non-hydrogen) atoms. The standard InChI is InChI=1S/C25H34N2O13/c1-2-6-37-7-8-38-9-10-39-25(24(35)36)12-17(30)20(27-19(32)14-28)22(40-25)21(33)18(31)13-26-23(34)15-4-3-5-16(29)11-15/h1,3-5,11,17-18,20-22,28-31,33H,6-10,12-14H2,(H,26,34)(H,27,32)(H,35,36)/t17-,18+,20+,21+,22+,25+/m0/s1. The molecule has 8 N–H and O–H groups in total. The third-order valence-electron chi connectivity index (χ3n) is 5.80. The molecule has 0 aromatic heterocycles. The second-order valence-electron chi connectivity index (χ2n) is 8.70. The summed E-state index contributed by atoms with van der Waals surface area (Å²) in [5.41, 5.74) is 0.0576. The first-order valence-corrected chi connectivity index (χ1v) is 12.2. The molecule has 0 saturated carbocycles. The third-order valence-corrected chi connectivity index (χ3v) is 5.80. The molecule has 1 heterocycles. The van der Waals surface area contributed by atoms with E-state index in [0.717, 1.165) is 0 Å². The molecule has 222 valence electrons. The Morgan fingerprint density at radius 1 is 1.18 bits per heavy atom. The number of carboxylic acids is 1. The molecule has 15 nitrogen and oxygen atoms in total. The molecule has 0 unspecified atom stereocenters. The summed E-state index contributed by atoms with van der Waals surface area (Å²) in [6.07, 6.45) is -2.85. The van der Waals surface area contributed by atoms with Gasteiger partial charge < -0.3 is 60.2 Å². The largest absolute Gasteiger partial charge is 0.508 e. The summed E-state index contributed by atoms with van der Waals surface area (Å²) in [5, 5.41) is 65.3. The van der Waals surface area contributed by atoms with Gasteiger partial charge >= 0.3 is 5.97 Å². The van der Waals surface area contributed by atoms with Crippen LogP contribution in [0, 0.1) is 12.3 Å². The minimum absolute atomic E-state index is 0.0576. The number of phenolic OH excluding ortho intramolecular Hbond substituents is 1. The lowest BCUT2D eigenvalue weighted by molar-refractivity contribution is -0.312. The summed E-state index contributed by atoms with van der Waals surface area (Å²) in [5.74, 6) is -3.75. The topological polar surface area (TPSA) is 234 Å². The van der Waals surface area contributed by atoms with E-state index in [2.05, 4.69) is 16.6 Å². The van der Waals surface area contributed by atoms with Crippen molar-refractivity contribution in [2.24, 2.45) is 0 Å². The molecule has 15 heteroatoms. The average molecular weight is 571 g/mol. The van der Waals surface area contributed by atoms with Crippen LogP contribution in [0.1, 0.15) is 16.8 Å². The summed E-state index contributed by atoms with van der Waals surface area (Å²) >= 11 is 0. The van der Waals surface area contributed by atoms with Crippen LogP contribution < -0.4 is 10.6 Å². The van der Waals surface area contributed by atoms with Crippen molar-refractivity contribution in [2.45, 2.75) is 42.7 Å². The molecule has 2 amide bonds. The first-order chi connectivity index (χ1) is 19.0. The normalized spacial score (nSPS) is 23.9. The number of hydrogen-bond donors (Lipinski definition) is 8. The zero-order chi connectivity index (χ0) is 29.7. The number of hydrogen-bond acceptors (Lipinski definition) is 12. The van der Waals surface area contributed by atoms with Gasteiger partial charge in [-0.05, 0) is 18.2 Å². The number of aromatic hydroxyl groups is 1. The number of ether oxygens (including phenoxy) is 4. The molecule has 1 aliphatic rings. The number of aliphatic carboxylic acids is 1. The Kier molecular flexibility index (Phi) is 13.2. The van der Waals surface area contributed by atoms with E-state index in [1.165, 1.54) is 24.3 Å². The highest BCUT2D eigenvalue weighted by molar-refractivity contribution is 5.94. The zero-order valence-corrected chi connectivity index (χ0v) is 21.5. The van der Waals surface area contributed by atoms with Crippen molar-refractivity contribution in [3.8, 4) is 18.1 Å². The summed E-state index contributed by atoms with van der Waals surface area (Å²) < 4.78 is 21.3. The van der Waals surface area contributed by atoms with E-state index in [0.29, 0.717) is 0 Å². The summed E-state index contributed by atoms with van der Waals surface area (Å²) in [4.78, 5) is 36.4. The average Bonchev–Trinajstić information content (AvgIpc) is 2.93.